The van der Waals surface area contributed by atoms with Crippen LogP contribution in [0.3, 0.4) is 0 Å². The quantitative estimate of drug-likeness (QED) is 0.605. The summed E-state index contributed by atoms with van der Waals surface area (Å²) in [6.45, 7) is 14.4. The topological polar surface area (TPSA) is 35.0 Å². The molecule has 1 unspecified atom stereocenters. The molecule has 0 aliphatic rings. The van der Waals surface area contributed by atoms with Crippen LogP contribution in [0.4, 0.5) is 4.39 Å². The normalized spacial score (nSPS) is 12.4. The molecule has 28 heavy (non-hydrogen) atoms. The summed E-state index contributed by atoms with van der Waals surface area (Å²) < 4.78 is 17.5. The van der Waals surface area contributed by atoms with Gasteiger partial charge in [0.15, 0.2) is 0 Å². The van der Waals surface area contributed by atoms with Gasteiger partial charge < -0.3 is 4.74 Å². The van der Waals surface area contributed by atoms with E-state index in [9.17, 15) is 4.39 Å². The number of aromatic nitrogens is 2. The third-order valence-corrected chi connectivity index (χ3v) is 3.50. The van der Waals surface area contributed by atoms with E-state index in [0.717, 1.165) is 24.0 Å². The van der Waals surface area contributed by atoms with Gasteiger partial charge in [-0.3, -0.25) is 9.97 Å². The predicted molar refractivity (Wildman–Crippen MR) is 114 cm³/mol. The van der Waals surface area contributed by atoms with Gasteiger partial charge in [-0.1, -0.05) is 47.5 Å². The van der Waals surface area contributed by atoms with Crippen LogP contribution in [-0.4, -0.2) is 16.3 Å². The molecule has 2 aromatic heterocycles. The molecule has 152 valence electrons. The van der Waals surface area contributed by atoms with Crippen molar-refractivity contribution in [3.63, 3.8) is 0 Å². The Kier molecular flexibility index (Phi) is 8.63. The first kappa shape index (κ1) is 23.6. The molecule has 0 aliphatic heterocycles. The van der Waals surface area contributed by atoms with Gasteiger partial charge in [0, 0.05) is 31.1 Å². The molecule has 0 bridgehead atoms. The summed E-state index contributed by atoms with van der Waals surface area (Å²) in [6, 6.07) is 3.87. The summed E-state index contributed by atoms with van der Waals surface area (Å²) in [5.41, 5.74) is 3.63. The largest absolute Gasteiger partial charge is 0.459 e. The Bertz CT molecular complexity index is 780. The zero-order chi connectivity index (χ0) is 21.4. The average molecular weight is 385 g/mol. The molecule has 0 N–H and O–H groups in total. The smallest absolute Gasteiger partial charge is 0.235 e. The van der Waals surface area contributed by atoms with Crippen molar-refractivity contribution in [3.8, 4) is 18.1 Å². The first-order chi connectivity index (χ1) is 12.9. The molecule has 0 aliphatic carbocycles. The third kappa shape index (κ3) is 10.7. The van der Waals surface area contributed by atoms with E-state index in [1.54, 1.807) is 12.4 Å². The molecule has 0 aromatic carbocycles. The van der Waals surface area contributed by atoms with Gasteiger partial charge in [-0.15, -0.1) is 6.42 Å². The lowest BCUT2D eigenvalue weighted by Crippen LogP contribution is -2.10. The van der Waals surface area contributed by atoms with Crippen LogP contribution < -0.4 is 4.74 Å². The molecule has 2 heterocycles. The van der Waals surface area contributed by atoms with Crippen molar-refractivity contribution in [3.05, 3.63) is 53.6 Å². The first-order valence-electron chi connectivity index (χ1n) is 9.53. The number of hydrogen-bond donors (Lipinski definition) is 0. The summed E-state index contributed by atoms with van der Waals surface area (Å²) in [6.07, 6.45) is 12.8. The monoisotopic (exact) mass is 384 g/mol. The standard InChI is InChI=1S/C12H18FNO.C12H15N/c1-9(13)15-11-5-10(7-14-8-11)6-12(2,3)4;1-5-10-6-11(9-13-8-10)7-12(2,3)4/h5,7-9H,6H2,1-4H3;1,6,8-9H,7H2,2-4H3. The van der Waals surface area contributed by atoms with E-state index in [1.165, 1.54) is 18.7 Å². The summed E-state index contributed by atoms with van der Waals surface area (Å²) in [7, 11) is 0. The highest BCUT2D eigenvalue weighted by Gasteiger charge is 2.12. The molecule has 3 nitrogen and oxygen atoms in total. The summed E-state index contributed by atoms with van der Waals surface area (Å²) >= 11 is 0. The van der Waals surface area contributed by atoms with Crippen molar-refractivity contribution in [1.29, 1.82) is 0 Å². The van der Waals surface area contributed by atoms with Gasteiger partial charge in [0.05, 0.1) is 6.20 Å². The van der Waals surface area contributed by atoms with Crippen molar-refractivity contribution in [1.82, 2.24) is 9.97 Å². The SMILES string of the molecule is C#Cc1cncc(CC(C)(C)C)c1.CC(F)Oc1cncc(CC(C)(C)C)c1. The molecule has 0 spiro atoms. The van der Waals surface area contributed by atoms with E-state index >= 15 is 0 Å². The Balaban J connectivity index is 0.000000283. The van der Waals surface area contributed by atoms with Crippen molar-refractivity contribution >= 4 is 0 Å². The Hall–Kier alpha value is -2.41. The number of nitrogens with zero attached hydrogens (tertiary/aromatic N) is 2. The molecule has 0 radical (unpaired) electrons. The van der Waals surface area contributed by atoms with Crippen LogP contribution in [0.5, 0.6) is 5.75 Å². The van der Waals surface area contributed by atoms with Gasteiger partial charge in [-0.05, 0) is 46.9 Å². The molecule has 2 rings (SSSR count). The van der Waals surface area contributed by atoms with E-state index < -0.39 is 6.36 Å². The maximum Gasteiger partial charge on any atom is 0.235 e. The first-order valence-corrected chi connectivity index (χ1v) is 9.53. The van der Waals surface area contributed by atoms with Gasteiger partial charge in [0.1, 0.15) is 5.75 Å². The van der Waals surface area contributed by atoms with Crippen molar-refractivity contribution < 1.29 is 9.13 Å². The molecule has 4 heteroatoms. The van der Waals surface area contributed by atoms with Crippen molar-refractivity contribution in [2.24, 2.45) is 10.8 Å². The van der Waals surface area contributed by atoms with E-state index in [1.807, 2.05) is 18.3 Å². The van der Waals surface area contributed by atoms with Gasteiger partial charge in [0.25, 0.3) is 0 Å². The van der Waals surface area contributed by atoms with Crippen LogP contribution >= 0.6 is 0 Å². The summed E-state index contributed by atoms with van der Waals surface area (Å²) in [5.74, 6) is 3.08. The van der Waals surface area contributed by atoms with E-state index in [-0.39, 0.29) is 10.8 Å². The molecule has 0 amide bonds. The van der Waals surface area contributed by atoms with E-state index in [0.29, 0.717) is 5.75 Å². The molecular weight excluding hydrogens is 351 g/mol. The third-order valence-electron chi connectivity index (χ3n) is 3.50. The lowest BCUT2D eigenvalue weighted by atomic mass is 9.88. The van der Waals surface area contributed by atoms with Crippen LogP contribution in [0.25, 0.3) is 0 Å². The zero-order valence-electron chi connectivity index (χ0n) is 18.2. The van der Waals surface area contributed by atoms with Crippen LogP contribution in [0.1, 0.15) is 65.2 Å². The van der Waals surface area contributed by atoms with Crippen LogP contribution in [0, 0.1) is 23.2 Å². The van der Waals surface area contributed by atoms with Crippen LogP contribution in [-0.2, 0) is 12.8 Å². The molecule has 0 fully saturated rings. The Morgan fingerprint density at radius 3 is 1.89 bits per heavy atom. The molecule has 1 atom stereocenters. The highest BCUT2D eigenvalue weighted by molar-refractivity contribution is 5.32. The fraction of sp³-hybridized carbons (Fsp3) is 0.500. The Morgan fingerprint density at radius 2 is 1.43 bits per heavy atom. The van der Waals surface area contributed by atoms with Crippen LogP contribution in [0.2, 0.25) is 0 Å². The van der Waals surface area contributed by atoms with E-state index in [2.05, 4.69) is 57.4 Å². The minimum absolute atomic E-state index is 0.196. The lowest BCUT2D eigenvalue weighted by Gasteiger charge is -2.18. The second-order valence-corrected chi connectivity index (χ2v) is 9.39. The minimum Gasteiger partial charge on any atom is -0.459 e. The number of rotatable bonds is 4. The highest BCUT2D eigenvalue weighted by atomic mass is 19.1. The highest BCUT2D eigenvalue weighted by Crippen LogP contribution is 2.23. The number of halogens is 1. The zero-order valence-corrected chi connectivity index (χ0v) is 18.2. The van der Waals surface area contributed by atoms with E-state index in [4.69, 9.17) is 11.2 Å². The fourth-order valence-corrected chi connectivity index (χ4v) is 2.70. The second kappa shape index (κ2) is 10.2. The number of hydrogen-bond acceptors (Lipinski definition) is 3. The molecule has 0 saturated carbocycles. The van der Waals surface area contributed by atoms with Crippen LogP contribution in [0.15, 0.2) is 36.9 Å². The fourth-order valence-electron chi connectivity index (χ4n) is 2.70. The van der Waals surface area contributed by atoms with Gasteiger partial charge in [0.2, 0.25) is 6.36 Å². The lowest BCUT2D eigenvalue weighted by molar-refractivity contribution is 0.0855. The number of pyridine rings is 2. The average Bonchev–Trinajstić information content (AvgIpc) is 2.52. The number of terminal acetylenes is 1. The summed E-state index contributed by atoms with van der Waals surface area (Å²) in [5, 5.41) is 0. The number of alkyl halides is 1. The van der Waals surface area contributed by atoms with Gasteiger partial charge >= 0.3 is 0 Å². The Labute approximate surface area is 169 Å². The molecule has 0 saturated heterocycles. The minimum atomic E-state index is -1.29. The Morgan fingerprint density at radius 1 is 0.929 bits per heavy atom. The maximum absolute atomic E-state index is 12.6. The number of ether oxygens (including phenoxy) is 1. The van der Waals surface area contributed by atoms with Gasteiger partial charge in [-0.2, -0.15) is 0 Å². The van der Waals surface area contributed by atoms with Crippen molar-refractivity contribution in [2.75, 3.05) is 0 Å². The molecular formula is C24H33FN2O. The molecule has 2 aromatic rings. The second-order valence-electron chi connectivity index (χ2n) is 9.39. The van der Waals surface area contributed by atoms with Crippen molar-refractivity contribution in [2.45, 2.75) is 67.7 Å². The van der Waals surface area contributed by atoms with Gasteiger partial charge in [-0.25, -0.2) is 4.39 Å². The predicted octanol–water partition coefficient (Wildman–Crippen LogP) is 6.02. The summed E-state index contributed by atoms with van der Waals surface area (Å²) in [4.78, 5) is 8.13. The maximum atomic E-state index is 12.6.